The lowest BCUT2D eigenvalue weighted by atomic mass is 10.3. The molecule has 1 amide bonds. The molecule has 1 fully saturated rings. The van der Waals surface area contributed by atoms with Crippen molar-refractivity contribution >= 4 is 31.9 Å². The van der Waals surface area contributed by atoms with Crippen molar-refractivity contribution < 1.29 is 13.2 Å². The molecule has 0 aromatic heterocycles. The summed E-state index contributed by atoms with van der Waals surface area (Å²) in [6, 6.07) is 5.81. The standard InChI is InChI=1S/C10H11BrN2O3S/c11-7-3-1-2-4-9(7)17(15,16)13-8-5-6-12-10(8)14/h1-4,8,13H,5-6H2,(H,12,14). The van der Waals surface area contributed by atoms with Crippen LogP contribution in [0.1, 0.15) is 6.42 Å². The summed E-state index contributed by atoms with van der Waals surface area (Å²) >= 11 is 3.18. The highest BCUT2D eigenvalue weighted by molar-refractivity contribution is 9.10. The zero-order valence-corrected chi connectivity index (χ0v) is 11.2. The van der Waals surface area contributed by atoms with Gasteiger partial charge < -0.3 is 5.32 Å². The Kier molecular flexibility index (Phi) is 3.50. The fraction of sp³-hybridized carbons (Fsp3) is 0.300. The van der Waals surface area contributed by atoms with E-state index in [1.54, 1.807) is 18.2 Å². The van der Waals surface area contributed by atoms with Gasteiger partial charge in [0.2, 0.25) is 15.9 Å². The maximum Gasteiger partial charge on any atom is 0.242 e. The normalized spacial score (nSPS) is 20.3. The molecule has 0 aliphatic carbocycles. The van der Waals surface area contributed by atoms with Crippen molar-refractivity contribution in [1.82, 2.24) is 10.0 Å². The minimum Gasteiger partial charge on any atom is -0.355 e. The minimum absolute atomic E-state index is 0.139. The third kappa shape index (κ3) is 2.67. The van der Waals surface area contributed by atoms with E-state index in [2.05, 4.69) is 26.0 Å². The number of hydrogen-bond donors (Lipinski definition) is 2. The Morgan fingerprint density at radius 1 is 1.35 bits per heavy atom. The zero-order chi connectivity index (χ0) is 12.5. The molecular weight excluding hydrogens is 308 g/mol. The van der Waals surface area contributed by atoms with E-state index in [9.17, 15) is 13.2 Å². The summed E-state index contributed by atoms with van der Waals surface area (Å²) in [4.78, 5) is 11.5. The summed E-state index contributed by atoms with van der Waals surface area (Å²) in [5.41, 5.74) is 0. The van der Waals surface area contributed by atoms with Crippen LogP contribution >= 0.6 is 15.9 Å². The lowest BCUT2D eigenvalue weighted by molar-refractivity contribution is -0.120. The van der Waals surface area contributed by atoms with E-state index in [0.29, 0.717) is 17.4 Å². The SMILES string of the molecule is O=C1NCCC1NS(=O)(=O)c1ccccc1Br. The van der Waals surface area contributed by atoms with Gasteiger partial charge in [0, 0.05) is 11.0 Å². The van der Waals surface area contributed by atoms with E-state index in [4.69, 9.17) is 0 Å². The Balaban J connectivity index is 2.25. The molecule has 17 heavy (non-hydrogen) atoms. The van der Waals surface area contributed by atoms with E-state index in [1.165, 1.54) is 6.07 Å². The fourth-order valence-electron chi connectivity index (χ4n) is 1.62. The van der Waals surface area contributed by atoms with Gasteiger partial charge in [-0.3, -0.25) is 4.79 Å². The molecule has 1 heterocycles. The van der Waals surface area contributed by atoms with Crippen LogP contribution in [0, 0.1) is 0 Å². The van der Waals surface area contributed by atoms with Crippen LogP contribution < -0.4 is 10.0 Å². The first kappa shape index (κ1) is 12.5. The molecule has 1 atom stereocenters. The van der Waals surface area contributed by atoms with Crippen LogP contribution in [0.15, 0.2) is 33.6 Å². The number of halogens is 1. The average Bonchev–Trinajstić information content (AvgIpc) is 2.64. The fourth-order valence-corrected chi connectivity index (χ4v) is 3.85. The highest BCUT2D eigenvalue weighted by Gasteiger charge is 2.29. The first-order valence-corrected chi connectivity index (χ1v) is 7.33. The molecule has 0 saturated carbocycles. The maximum atomic E-state index is 12.0. The van der Waals surface area contributed by atoms with Gasteiger partial charge in [-0.05, 0) is 34.5 Å². The summed E-state index contributed by atoms with van der Waals surface area (Å²) in [5, 5.41) is 2.58. The van der Waals surface area contributed by atoms with Gasteiger partial charge >= 0.3 is 0 Å². The molecule has 1 aromatic carbocycles. The summed E-state index contributed by atoms with van der Waals surface area (Å²) in [5.74, 6) is -0.277. The van der Waals surface area contributed by atoms with Crippen molar-refractivity contribution in [2.24, 2.45) is 0 Å². The topological polar surface area (TPSA) is 75.3 Å². The molecule has 0 spiro atoms. The van der Waals surface area contributed by atoms with E-state index < -0.39 is 16.1 Å². The number of hydrogen-bond acceptors (Lipinski definition) is 3. The van der Waals surface area contributed by atoms with Crippen LogP contribution in [0.2, 0.25) is 0 Å². The van der Waals surface area contributed by atoms with Gasteiger partial charge in [0.15, 0.2) is 0 Å². The third-order valence-corrected chi connectivity index (χ3v) is 4.96. The molecule has 1 saturated heterocycles. The highest BCUT2D eigenvalue weighted by atomic mass is 79.9. The van der Waals surface area contributed by atoms with E-state index in [0.717, 1.165) is 0 Å². The number of benzene rings is 1. The van der Waals surface area contributed by atoms with Crippen LogP contribution in [-0.2, 0) is 14.8 Å². The van der Waals surface area contributed by atoms with Gasteiger partial charge in [-0.2, -0.15) is 4.72 Å². The molecule has 2 rings (SSSR count). The molecule has 1 aromatic rings. The number of nitrogens with one attached hydrogen (secondary N) is 2. The first-order chi connectivity index (χ1) is 8.00. The molecule has 92 valence electrons. The minimum atomic E-state index is -3.66. The number of carbonyl (C=O) groups excluding carboxylic acids is 1. The first-order valence-electron chi connectivity index (χ1n) is 5.05. The molecule has 7 heteroatoms. The molecule has 1 aliphatic rings. The Hall–Kier alpha value is -0.920. The van der Waals surface area contributed by atoms with Crippen LogP contribution in [-0.4, -0.2) is 26.9 Å². The lowest BCUT2D eigenvalue weighted by Crippen LogP contribution is -2.40. The number of carbonyl (C=O) groups is 1. The summed E-state index contributed by atoms with van der Waals surface area (Å²) < 4.78 is 26.9. The zero-order valence-electron chi connectivity index (χ0n) is 8.81. The number of rotatable bonds is 3. The summed E-state index contributed by atoms with van der Waals surface area (Å²) in [6.45, 7) is 0.502. The Labute approximate surface area is 108 Å². The van der Waals surface area contributed by atoms with Crippen molar-refractivity contribution in [3.8, 4) is 0 Å². The second kappa shape index (κ2) is 4.75. The van der Waals surface area contributed by atoms with Gasteiger partial charge in [0.05, 0.1) is 4.90 Å². The van der Waals surface area contributed by atoms with Crippen LogP contribution in [0.5, 0.6) is 0 Å². The van der Waals surface area contributed by atoms with Crippen molar-refractivity contribution in [3.63, 3.8) is 0 Å². The molecule has 1 aliphatic heterocycles. The molecule has 0 radical (unpaired) electrons. The Bertz CT molecular complexity index is 544. The average molecular weight is 319 g/mol. The van der Waals surface area contributed by atoms with E-state index in [-0.39, 0.29) is 10.8 Å². The van der Waals surface area contributed by atoms with Crippen molar-refractivity contribution in [1.29, 1.82) is 0 Å². The van der Waals surface area contributed by atoms with Crippen molar-refractivity contribution in [3.05, 3.63) is 28.7 Å². The van der Waals surface area contributed by atoms with Gasteiger partial charge in [0.1, 0.15) is 6.04 Å². The van der Waals surface area contributed by atoms with Crippen molar-refractivity contribution in [2.45, 2.75) is 17.4 Å². The summed E-state index contributed by atoms with van der Waals surface area (Å²) in [6.07, 6.45) is 0.475. The lowest BCUT2D eigenvalue weighted by Gasteiger charge is -2.11. The number of amides is 1. The van der Waals surface area contributed by atoms with Crippen LogP contribution in [0.3, 0.4) is 0 Å². The predicted octanol–water partition coefficient (Wildman–Crippen LogP) is 0.616. The van der Waals surface area contributed by atoms with E-state index in [1.807, 2.05) is 0 Å². The molecule has 1 unspecified atom stereocenters. The molecule has 2 N–H and O–H groups in total. The predicted molar refractivity (Wildman–Crippen MR) is 65.9 cm³/mol. The quantitative estimate of drug-likeness (QED) is 0.857. The smallest absolute Gasteiger partial charge is 0.242 e. The molecule has 0 bridgehead atoms. The van der Waals surface area contributed by atoms with Crippen LogP contribution in [0.4, 0.5) is 0 Å². The van der Waals surface area contributed by atoms with Gasteiger partial charge in [0.25, 0.3) is 0 Å². The van der Waals surface area contributed by atoms with Gasteiger partial charge in [-0.15, -0.1) is 0 Å². The Morgan fingerprint density at radius 3 is 2.65 bits per heavy atom. The Morgan fingerprint density at radius 2 is 2.06 bits per heavy atom. The molecule has 5 nitrogen and oxygen atoms in total. The highest BCUT2D eigenvalue weighted by Crippen LogP contribution is 2.21. The second-order valence-corrected chi connectivity index (χ2v) is 6.22. The largest absolute Gasteiger partial charge is 0.355 e. The monoisotopic (exact) mass is 318 g/mol. The molecular formula is C10H11BrN2O3S. The number of sulfonamides is 1. The third-order valence-electron chi connectivity index (χ3n) is 2.47. The second-order valence-electron chi connectivity index (χ2n) is 3.68. The van der Waals surface area contributed by atoms with Gasteiger partial charge in [-0.25, -0.2) is 8.42 Å². The maximum absolute atomic E-state index is 12.0. The van der Waals surface area contributed by atoms with Crippen molar-refractivity contribution in [2.75, 3.05) is 6.54 Å². The van der Waals surface area contributed by atoms with Gasteiger partial charge in [-0.1, -0.05) is 12.1 Å². The summed E-state index contributed by atoms with van der Waals surface area (Å²) in [7, 11) is -3.66. The van der Waals surface area contributed by atoms with Crippen LogP contribution in [0.25, 0.3) is 0 Å². The van der Waals surface area contributed by atoms with E-state index >= 15 is 0 Å².